The second-order valence-corrected chi connectivity index (χ2v) is 7.33. The summed E-state index contributed by atoms with van der Waals surface area (Å²) in [6.07, 6.45) is 0. The van der Waals surface area contributed by atoms with Crippen LogP contribution in [0.1, 0.15) is 33.3 Å². The van der Waals surface area contributed by atoms with Gasteiger partial charge in [0, 0.05) is 12.1 Å². The first-order valence-electron chi connectivity index (χ1n) is 8.50. The van der Waals surface area contributed by atoms with Crippen molar-refractivity contribution < 1.29 is 19.0 Å². The summed E-state index contributed by atoms with van der Waals surface area (Å²) in [4.78, 5) is 10.3. The van der Waals surface area contributed by atoms with Crippen LogP contribution in [0.2, 0.25) is 0 Å². The highest BCUT2D eigenvalue weighted by molar-refractivity contribution is 6.62. The molecule has 0 saturated carbocycles. The van der Waals surface area contributed by atoms with E-state index < -0.39 is 23.2 Å². The number of non-ortho nitro benzene ring substituents is 1. The van der Waals surface area contributed by atoms with Crippen LogP contribution in [0.4, 0.5) is 5.69 Å². The van der Waals surface area contributed by atoms with Gasteiger partial charge in [-0.2, -0.15) is 0 Å². The van der Waals surface area contributed by atoms with Gasteiger partial charge in [-0.15, -0.1) is 0 Å². The molecule has 0 aromatic heterocycles. The molecule has 1 aliphatic heterocycles. The van der Waals surface area contributed by atoms with Crippen molar-refractivity contribution in [3.63, 3.8) is 0 Å². The van der Waals surface area contributed by atoms with Crippen molar-refractivity contribution in [2.24, 2.45) is 0 Å². The molecule has 1 fully saturated rings. The fourth-order valence-corrected chi connectivity index (χ4v) is 2.69. The average Bonchev–Trinajstić information content (AvgIpc) is 2.81. The van der Waals surface area contributed by atoms with Gasteiger partial charge >= 0.3 is 7.12 Å². The van der Waals surface area contributed by atoms with Crippen molar-refractivity contribution in [1.29, 1.82) is 0 Å². The van der Waals surface area contributed by atoms with Crippen LogP contribution in [0.25, 0.3) is 0 Å². The molecule has 1 heterocycles. The van der Waals surface area contributed by atoms with Crippen LogP contribution in [0.3, 0.4) is 0 Å². The molecule has 6 nitrogen and oxygen atoms in total. The Labute approximate surface area is 153 Å². The quantitative estimate of drug-likeness (QED) is 0.467. The lowest BCUT2D eigenvalue weighted by molar-refractivity contribution is -0.384. The molecule has 26 heavy (non-hydrogen) atoms. The van der Waals surface area contributed by atoms with Crippen molar-refractivity contribution >= 4 is 18.3 Å². The van der Waals surface area contributed by atoms with E-state index in [1.807, 2.05) is 52.0 Å². The molecule has 3 rings (SSSR count). The molecule has 2 aromatic rings. The molecule has 0 atom stereocenters. The highest BCUT2D eigenvalue weighted by atomic mass is 16.7. The molecule has 0 spiro atoms. The second kappa shape index (κ2) is 6.74. The van der Waals surface area contributed by atoms with Crippen molar-refractivity contribution in [1.82, 2.24) is 0 Å². The molecule has 0 bridgehead atoms. The second-order valence-electron chi connectivity index (χ2n) is 7.33. The van der Waals surface area contributed by atoms with Crippen molar-refractivity contribution in [3.8, 4) is 5.75 Å². The number of nitro groups is 1. The van der Waals surface area contributed by atoms with Gasteiger partial charge in [0.2, 0.25) is 0 Å². The van der Waals surface area contributed by atoms with Gasteiger partial charge in [-0.05, 0) is 50.9 Å². The van der Waals surface area contributed by atoms with E-state index in [2.05, 4.69) is 0 Å². The van der Waals surface area contributed by atoms with Crippen LogP contribution in [0, 0.1) is 10.1 Å². The Kier molecular flexibility index (Phi) is 4.77. The number of rotatable bonds is 5. The van der Waals surface area contributed by atoms with E-state index in [1.54, 1.807) is 12.1 Å². The minimum absolute atomic E-state index is 0.0370. The number of nitro benzene ring substituents is 1. The van der Waals surface area contributed by atoms with E-state index in [4.69, 9.17) is 14.0 Å². The summed E-state index contributed by atoms with van der Waals surface area (Å²) >= 11 is 0. The minimum atomic E-state index is -0.461. The standard InChI is InChI=1S/C19H22BNO5/c1-18(2)19(3,4)26-20(25-18)17-8-6-5-7-14(17)13-24-16-11-9-15(10-12-16)21(22)23/h5-12H,13H2,1-4H3. The van der Waals surface area contributed by atoms with Crippen molar-refractivity contribution in [2.75, 3.05) is 0 Å². The molecular weight excluding hydrogens is 333 g/mol. The lowest BCUT2D eigenvalue weighted by Crippen LogP contribution is -2.41. The first kappa shape index (κ1) is 18.4. The first-order chi connectivity index (χ1) is 12.2. The number of benzene rings is 2. The summed E-state index contributed by atoms with van der Waals surface area (Å²) in [5, 5.41) is 10.7. The predicted octanol–water partition coefficient (Wildman–Crippen LogP) is 3.47. The molecular formula is C19H22BNO5. The number of hydrogen-bond donors (Lipinski definition) is 0. The zero-order chi connectivity index (χ0) is 18.9. The van der Waals surface area contributed by atoms with E-state index >= 15 is 0 Å². The zero-order valence-corrected chi connectivity index (χ0v) is 15.4. The van der Waals surface area contributed by atoms with Gasteiger partial charge in [0.25, 0.3) is 5.69 Å². The molecule has 1 saturated heterocycles. The topological polar surface area (TPSA) is 70.8 Å². The largest absolute Gasteiger partial charge is 0.495 e. The fraction of sp³-hybridized carbons (Fsp3) is 0.368. The molecule has 0 unspecified atom stereocenters. The highest BCUT2D eigenvalue weighted by Crippen LogP contribution is 2.36. The summed E-state index contributed by atoms with van der Waals surface area (Å²) < 4.78 is 18.1. The monoisotopic (exact) mass is 355 g/mol. The van der Waals surface area contributed by atoms with Gasteiger partial charge in [0.1, 0.15) is 12.4 Å². The van der Waals surface area contributed by atoms with E-state index in [1.165, 1.54) is 12.1 Å². The van der Waals surface area contributed by atoms with Crippen LogP contribution >= 0.6 is 0 Å². The lowest BCUT2D eigenvalue weighted by atomic mass is 9.76. The molecule has 0 amide bonds. The summed E-state index contributed by atoms with van der Waals surface area (Å²) in [6.45, 7) is 8.38. The number of hydrogen-bond acceptors (Lipinski definition) is 5. The van der Waals surface area contributed by atoms with Crippen LogP contribution in [0.15, 0.2) is 48.5 Å². The maximum absolute atomic E-state index is 10.7. The Hall–Kier alpha value is -2.38. The van der Waals surface area contributed by atoms with E-state index in [-0.39, 0.29) is 5.69 Å². The Balaban J connectivity index is 1.75. The smallest absolute Gasteiger partial charge is 0.489 e. The third-order valence-electron chi connectivity index (χ3n) is 5.00. The van der Waals surface area contributed by atoms with E-state index in [0.29, 0.717) is 12.4 Å². The molecule has 7 heteroatoms. The Morgan fingerprint density at radius 2 is 1.58 bits per heavy atom. The van der Waals surface area contributed by atoms with E-state index in [0.717, 1.165) is 11.0 Å². The van der Waals surface area contributed by atoms with Gasteiger partial charge in [-0.1, -0.05) is 24.3 Å². The van der Waals surface area contributed by atoms with Crippen LogP contribution in [0.5, 0.6) is 5.75 Å². The average molecular weight is 355 g/mol. The van der Waals surface area contributed by atoms with Crippen molar-refractivity contribution in [3.05, 3.63) is 64.2 Å². The predicted molar refractivity (Wildman–Crippen MR) is 99.6 cm³/mol. The van der Waals surface area contributed by atoms with Gasteiger partial charge in [-0.3, -0.25) is 10.1 Å². The molecule has 0 radical (unpaired) electrons. The fourth-order valence-electron chi connectivity index (χ4n) is 2.69. The first-order valence-corrected chi connectivity index (χ1v) is 8.50. The zero-order valence-electron chi connectivity index (χ0n) is 15.4. The third-order valence-corrected chi connectivity index (χ3v) is 5.00. The lowest BCUT2D eigenvalue weighted by Gasteiger charge is -2.32. The van der Waals surface area contributed by atoms with E-state index in [9.17, 15) is 10.1 Å². The van der Waals surface area contributed by atoms with Gasteiger partial charge in [0.15, 0.2) is 0 Å². The summed E-state index contributed by atoms with van der Waals surface area (Å²) in [7, 11) is -0.461. The van der Waals surface area contributed by atoms with Crippen molar-refractivity contribution in [2.45, 2.75) is 45.5 Å². The summed E-state index contributed by atoms with van der Waals surface area (Å²) in [6, 6.07) is 13.8. The Morgan fingerprint density at radius 1 is 1.00 bits per heavy atom. The van der Waals surface area contributed by atoms with Crippen LogP contribution in [-0.4, -0.2) is 23.2 Å². The molecule has 0 N–H and O–H groups in total. The number of nitrogens with zero attached hydrogens (tertiary/aromatic N) is 1. The van der Waals surface area contributed by atoms with Gasteiger partial charge in [-0.25, -0.2) is 0 Å². The van der Waals surface area contributed by atoms with Crippen LogP contribution in [-0.2, 0) is 15.9 Å². The maximum atomic E-state index is 10.7. The van der Waals surface area contributed by atoms with Crippen LogP contribution < -0.4 is 10.2 Å². The molecule has 2 aromatic carbocycles. The Bertz CT molecular complexity index is 788. The third kappa shape index (κ3) is 3.59. The Morgan fingerprint density at radius 3 is 2.15 bits per heavy atom. The number of ether oxygens (including phenoxy) is 1. The molecule has 136 valence electrons. The SMILES string of the molecule is CC1(C)OB(c2ccccc2COc2ccc([N+](=O)[O-])cc2)OC1(C)C. The normalized spacial score (nSPS) is 17.9. The minimum Gasteiger partial charge on any atom is -0.489 e. The highest BCUT2D eigenvalue weighted by Gasteiger charge is 2.52. The summed E-state index contributed by atoms with van der Waals surface area (Å²) in [5.74, 6) is 0.569. The molecule has 0 aliphatic carbocycles. The summed E-state index contributed by atoms with van der Waals surface area (Å²) in [5.41, 5.74) is 1.08. The molecule has 1 aliphatic rings. The maximum Gasteiger partial charge on any atom is 0.495 e. The van der Waals surface area contributed by atoms with Gasteiger partial charge in [0.05, 0.1) is 16.1 Å². The van der Waals surface area contributed by atoms with Gasteiger partial charge < -0.3 is 14.0 Å².